The van der Waals surface area contributed by atoms with Gasteiger partial charge in [-0.2, -0.15) is 5.10 Å². The third kappa shape index (κ3) is 3.12. The van der Waals surface area contributed by atoms with Crippen molar-refractivity contribution in [1.29, 1.82) is 0 Å². The highest BCUT2D eigenvalue weighted by atomic mass is 19.1. The molecule has 1 heterocycles. The Kier molecular flexibility index (Phi) is 4.29. The maximum absolute atomic E-state index is 13.4. The Morgan fingerprint density at radius 3 is 2.58 bits per heavy atom. The van der Waals surface area contributed by atoms with Gasteiger partial charge in [-0.25, -0.2) is 9.07 Å². The summed E-state index contributed by atoms with van der Waals surface area (Å²) in [5, 5.41) is 4.26. The molecule has 3 aromatic rings. The summed E-state index contributed by atoms with van der Waals surface area (Å²) in [7, 11) is 3.03. The Hall–Kier alpha value is -3.15. The minimum Gasteiger partial charge on any atom is -0.494 e. The van der Waals surface area contributed by atoms with Crippen LogP contribution >= 0.6 is 0 Å². The van der Waals surface area contributed by atoms with Gasteiger partial charge in [-0.15, -0.1) is 0 Å². The topological polar surface area (TPSA) is 53.4 Å². The highest BCUT2D eigenvalue weighted by Crippen LogP contribution is 2.36. The molecular formula is C18H15FN2O3. The molecule has 0 atom stereocenters. The highest BCUT2D eigenvalue weighted by Gasteiger charge is 2.15. The maximum atomic E-state index is 13.4. The molecule has 0 saturated heterocycles. The number of rotatable bonds is 4. The number of para-hydroxylation sites is 1. The lowest BCUT2D eigenvalue weighted by Gasteiger charge is -2.13. The number of nitrogens with zero attached hydrogens (tertiary/aromatic N) is 2. The molecule has 1 aromatic heterocycles. The number of benzene rings is 2. The fourth-order valence-electron chi connectivity index (χ4n) is 2.27. The summed E-state index contributed by atoms with van der Waals surface area (Å²) in [6, 6.07) is 14.4. The van der Waals surface area contributed by atoms with Crippen molar-refractivity contribution in [2.24, 2.45) is 7.05 Å². The van der Waals surface area contributed by atoms with E-state index in [-0.39, 0.29) is 11.4 Å². The van der Waals surface area contributed by atoms with E-state index in [0.717, 1.165) is 0 Å². The van der Waals surface area contributed by atoms with Crippen molar-refractivity contribution >= 4 is 0 Å². The smallest absolute Gasteiger partial charge is 0.270 e. The zero-order chi connectivity index (χ0) is 17.1. The van der Waals surface area contributed by atoms with Gasteiger partial charge >= 0.3 is 0 Å². The molecule has 0 aliphatic carbocycles. The normalized spacial score (nSPS) is 10.5. The molecule has 122 valence electrons. The Labute approximate surface area is 137 Å². The van der Waals surface area contributed by atoms with Gasteiger partial charge in [-0.3, -0.25) is 4.79 Å². The van der Waals surface area contributed by atoms with Gasteiger partial charge in [0.2, 0.25) is 0 Å². The third-order valence-electron chi connectivity index (χ3n) is 3.44. The summed E-state index contributed by atoms with van der Waals surface area (Å²) in [5.41, 5.74) is 0.819. The van der Waals surface area contributed by atoms with E-state index in [1.54, 1.807) is 37.4 Å². The lowest BCUT2D eigenvalue weighted by atomic mass is 10.1. The van der Waals surface area contributed by atoms with Gasteiger partial charge < -0.3 is 9.47 Å². The Balaban J connectivity index is 2.10. The molecule has 0 unspecified atom stereocenters. The van der Waals surface area contributed by atoms with Crippen molar-refractivity contribution in [2.75, 3.05) is 7.11 Å². The molecule has 5 nitrogen and oxygen atoms in total. The molecule has 24 heavy (non-hydrogen) atoms. The van der Waals surface area contributed by atoms with Gasteiger partial charge in [0.1, 0.15) is 23.0 Å². The standard InChI is InChI=1S/C18H15FN2O3/c1-21-17(22)11-16(23-2)18(20-21)14-8-3-4-9-15(14)24-13-7-5-6-12(19)10-13/h3-11H,1-2H3. The van der Waals surface area contributed by atoms with Crippen molar-refractivity contribution in [3.8, 4) is 28.5 Å². The van der Waals surface area contributed by atoms with Crippen LogP contribution in [0.1, 0.15) is 0 Å². The Morgan fingerprint density at radius 1 is 1.04 bits per heavy atom. The highest BCUT2D eigenvalue weighted by molar-refractivity contribution is 5.72. The van der Waals surface area contributed by atoms with Crippen LogP contribution in [-0.4, -0.2) is 16.9 Å². The van der Waals surface area contributed by atoms with Crippen molar-refractivity contribution in [2.45, 2.75) is 0 Å². The van der Waals surface area contributed by atoms with E-state index in [9.17, 15) is 9.18 Å². The van der Waals surface area contributed by atoms with Crippen LogP contribution in [0.2, 0.25) is 0 Å². The van der Waals surface area contributed by atoms with E-state index < -0.39 is 0 Å². The molecule has 0 spiro atoms. The minimum atomic E-state index is -0.386. The number of halogens is 1. The first-order chi connectivity index (χ1) is 11.6. The molecule has 0 fully saturated rings. The molecule has 0 aliphatic heterocycles. The van der Waals surface area contributed by atoms with Gasteiger partial charge in [0.25, 0.3) is 5.56 Å². The van der Waals surface area contributed by atoms with E-state index >= 15 is 0 Å². The van der Waals surface area contributed by atoms with Crippen molar-refractivity contribution in [3.63, 3.8) is 0 Å². The molecule has 0 saturated carbocycles. The average Bonchev–Trinajstić information content (AvgIpc) is 2.57. The Morgan fingerprint density at radius 2 is 1.83 bits per heavy atom. The van der Waals surface area contributed by atoms with Crippen molar-refractivity contribution in [1.82, 2.24) is 9.78 Å². The molecule has 3 rings (SSSR count). The number of aromatic nitrogens is 2. The number of hydrogen-bond acceptors (Lipinski definition) is 4. The number of hydrogen-bond donors (Lipinski definition) is 0. The number of aryl methyl sites for hydroxylation is 1. The first-order valence-electron chi connectivity index (χ1n) is 7.23. The third-order valence-corrected chi connectivity index (χ3v) is 3.44. The van der Waals surface area contributed by atoms with Crippen LogP contribution in [0.25, 0.3) is 11.3 Å². The first-order valence-corrected chi connectivity index (χ1v) is 7.23. The van der Waals surface area contributed by atoms with Gasteiger partial charge in [-0.05, 0) is 24.3 Å². The van der Waals surface area contributed by atoms with Gasteiger partial charge in [0, 0.05) is 24.7 Å². The van der Waals surface area contributed by atoms with E-state index in [1.165, 1.54) is 30.0 Å². The van der Waals surface area contributed by atoms with E-state index in [0.29, 0.717) is 28.5 Å². The second kappa shape index (κ2) is 6.54. The number of ether oxygens (including phenoxy) is 2. The van der Waals surface area contributed by atoms with Gasteiger partial charge in [0.15, 0.2) is 5.75 Å². The van der Waals surface area contributed by atoms with E-state index in [2.05, 4.69) is 5.10 Å². The summed E-state index contributed by atoms with van der Waals surface area (Å²) in [6.45, 7) is 0. The molecule has 2 aromatic carbocycles. The van der Waals surface area contributed by atoms with Crippen LogP contribution in [0.4, 0.5) is 4.39 Å². The molecule has 0 radical (unpaired) electrons. The largest absolute Gasteiger partial charge is 0.494 e. The molecule has 0 bridgehead atoms. The SMILES string of the molecule is COc1cc(=O)n(C)nc1-c1ccccc1Oc1cccc(F)c1. The molecule has 0 aliphatic rings. The maximum Gasteiger partial charge on any atom is 0.270 e. The predicted octanol–water partition coefficient (Wildman–Crippen LogP) is 3.39. The summed E-state index contributed by atoms with van der Waals surface area (Å²) in [4.78, 5) is 11.7. The summed E-state index contributed by atoms with van der Waals surface area (Å²) >= 11 is 0. The fourth-order valence-corrected chi connectivity index (χ4v) is 2.27. The van der Waals surface area contributed by atoms with E-state index in [1.807, 2.05) is 6.07 Å². The first kappa shape index (κ1) is 15.7. The Bertz CT molecular complexity index is 938. The van der Waals surface area contributed by atoms with Gasteiger partial charge in [0.05, 0.1) is 7.11 Å². The molecule has 0 amide bonds. The quantitative estimate of drug-likeness (QED) is 0.737. The molecule has 0 N–H and O–H groups in total. The second-order valence-electron chi connectivity index (χ2n) is 5.08. The van der Waals surface area contributed by atoms with Crippen LogP contribution in [-0.2, 0) is 7.05 Å². The summed E-state index contributed by atoms with van der Waals surface area (Å²) < 4.78 is 25.6. The van der Waals surface area contributed by atoms with Crippen molar-refractivity contribution < 1.29 is 13.9 Å². The number of methoxy groups -OCH3 is 1. The predicted molar refractivity (Wildman–Crippen MR) is 87.9 cm³/mol. The monoisotopic (exact) mass is 326 g/mol. The molecule has 6 heteroatoms. The van der Waals surface area contributed by atoms with Crippen LogP contribution in [0.5, 0.6) is 17.2 Å². The van der Waals surface area contributed by atoms with Gasteiger partial charge in [-0.1, -0.05) is 18.2 Å². The lowest BCUT2D eigenvalue weighted by Crippen LogP contribution is -2.19. The van der Waals surface area contributed by atoms with E-state index in [4.69, 9.17) is 9.47 Å². The summed E-state index contributed by atoms with van der Waals surface area (Å²) in [6.07, 6.45) is 0. The van der Waals surface area contributed by atoms with Crippen LogP contribution in [0.3, 0.4) is 0 Å². The van der Waals surface area contributed by atoms with Crippen molar-refractivity contribution in [3.05, 3.63) is 70.8 Å². The second-order valence-corrected chi connectivity index (χ2v) is 5.08. The lowest BCUT2D eigenvalue weighted by molar-refractivity contribution is 0.409. The fraction of sp³-hybridized carbons (Fsp3) is 0.111. The zero-order valence-corrected chi connectivity index (χ0v) is 13.2. The minimum absolute atomic E-state index is 0.279. The summed E-state index contributed by atoms with van der Waals surface area (Å²) in [5.74, 6) is 0.801. The van der Waals surface area contributed by atoms with Crippen LogP contribution < -0.4 is 15.0 Å². The van der Waals surface area contributed by atoms with Crippen LogP contribution in [0.15, 0.2) is 59.4 Å². The average molecular weight is 326 g/mol. The molecular weight excluding hydrogens is 311 g/mol. The van der Waals surface area contributed by atoms with Crippen LogP contribution in [0, 0.1) is 5.82 Å². The zero-order valence-electron chi connectivity index (χ0n) is 13.2.